The van der Waals surface area contributed by atoms with Gasteiger partial charge in [0.05, 0.1) is 33.4 Å². The molecule has 2 N–H and O–H groups in total. The lowest BCUT2D eigenvalue weighted by Gasteiger charge is -2.14. The number of hydrogen-bond donors (Lipinski definition) is 2. The van der Waals surface area contributed by atoms with Gasteiger partial charge in [-0.05, 0) is 36.8 Å². The van der Waals surface area contributed by atoms with Crippen LogP contribution in [0.1, 0.15) is 17.0 Å². The Labute approximate surface area is 179 Å². The highest BCUT2D eigenvalue weighted by atomic mass is 32.1. The Morgan fingerprint density at radius 3 is 2.43 bits per heavy atom. The first-order valence-corrected chi connectivity index (χ1v) is 10.1. The van der Waals surface area contributed by atoms with Gasteiger partial charge in [-0.25, -0.2) is 9.97 Å². The maximum absolute atomic E-state index is 12.4. The van der Waals surface area contributed by atoms with Crippen LogP contribution in [0.2, 0.25) is 0 Å². The second-order valence-corrected chi connectivity index (χ2v) is 7.28. The molecule has 30 heavy (non-hydrogen) atoms. The van der Waals surface area contributed by atoms with Crippen LogP contribution in [0.4, 0.5) is 10.9 Å². The summed E-state index contributed by atoms with van der Waals surface area (Å²) in [6.45, 7) is 2.26. The molecule has 8 nitrogen and oxygen atoms in total. The van der Waals surface area contributed by atoms with Gasteiger partial charge in [-0.1, -0.05) is 6.07 Å². The minimum absolute atomic E-state index is 0.130. The summed E-state index contributed by atoms with van der Waals surface area (Å²) >= 11 is 1.43. The van der Waals surface area contributed by atoms with Gasteiger partial charge in [0.1, 0.15) is 5.82 Å². The number of pyridine rings is 1. The lowest BCUT2D eigenvalue weighted by atomic mass is 10.1. The fourth-order valence-corrected chi connectivity index (χ4v) is 3.55. The van der Waals surface area contributed by atoms with E-state index in [4.69, 9.17) is 14.2 Å². The Kier molecular flexibility index (Phi) is 7.08. The van der Waals surface area contributed by atoms with Crippen LogP contribution < -0.4 is 24.8 Å². The summed E-state index contributed by atoms with van der Waals surface area (Å²) in [7, 11) is 4.66. The number of anilines is 2. The third-order valence-electron chi connectivity index (χ3n) is 4.23. The largest absolute Gasteiger partial charge is 0.493 e. The Balaban J connectivity index is 1.58. The Bertz CT molecular complexity index is 997. The van der Waals surface area contributed by atoms with Crippen LogP contribution in [-0.2, 0) is 17.8 Å². The van der Waals surface area contributed by atoms with Crippen molar-refractivity contribution in [2.45, 2.75) is 19.9 Å². The van der Waals surface area contributed by atoms with Gasteiger partial charge in [-0.2, -0.15) is 0 Å². The second-order valence-electron chi connectivity index (χ2n) is 6.42. The zero-order valence-electron chi connectivity index (χ0n) is 17.3. The van der Waals surface area contributed by atoms with E-state index in [1.54, 1.807) is 33.5 Å². The number of thiazole rings is 1. The summed E-state index contributed by atoms with van der Waals surface area (Å²) in [4.78, 5) is 21.2. The van der Waals surface area contributed by atoms with Gasteiger partial charge in [0.25, 0.3) is 0 Å². The monoisotopic (exact) mass is 428 g/mol. The molecule has 3 aromatic rings. The van der Waals surface area contributed by atoms with Gasteiger partial charge in [0, 0.05) is 17.6 Å². The van der Waals surface area contributed by atoms with Gasteiger partial charge < -0.3 is 24.8 Å². The van der Waals surface area contributed by atoms with Crippen molar-refractivity contribution in [3.8, 4) is 17.2 Å². The van der Waals surface area contributed by atoms with Crippen LogP contribution in [0.15, 0.2) is 35.7 Å². The average molecular weight is 429 g/mol. The van der Waals surface area contributed by atoms with E-state index in [1.807, 2.05) is 30.5 Å². The fraction of sp³-hybridized carbons (Fsp3) is 0.286. The molecule has 158 valence electrons. The van der Waals surface area contributed by atoms with Crippen molar-refractivity contribution in [3.05, 3.63) is 52.7 Å². The number of rotatable bonds is 9. The number of methoxy groups -OCH3 is 3. The van der Waals surface area contributed by atoms with E-state index < -0.39 is 0 Å². The van der Waals surface area contributed by atoms with E-state index in [0.717, 1.165) is 17.1 Å². The fourth-order valence-electron chi connectivity index (χ4n) is 2.83. The molecule has 0 aliphatic carbocycles. The normalized spacial score (nSPS) is 10.4. The van der Waals surface area contributed by atoms with E-state index >= 15 is 0 Å². The molecule has 2 heterocycles. The molecule has 2 aromatic heterocycles. The van der Waals surface area contributed by atoms with E-state index in [-0.39, 0.29) is 12.3 Å². The molecule has 9 heteroatoms. The van der Waals surface area contributed by atoms with Crippen LogP contribution in [0.5, 0.6) is 17.2 Å². The highest BCUT2D eigenvalue weighted by Gasteiger charge is 2.14. The van der Waals surface area contributed by atoms with Gasteiger partial charge in [-0.3, -0.25) is 4.79 Å². The van der Waals surface area contributed by atoms with Crippen molar-refractivity contribution in [3.63, 3.8) is 0 Å². The summed E-state index contributed by atoms with van der Waals surface area (Å²) in [5.41, 5.74) is 2.45. The van der Waals surface area contributed by atoms with Crippen molar-refractivity contribution in [1.82, 2.24) is 15.3 Å². The third-order valence-corrected chi connectivity index (χ3v) is 5.04. The minimum atomic E-state index is -0.130. The van der Waals surface area contributed by atoms with E-state index in [0.29, 0.717) is 34.6 Å². The lowest BCUT2D eigenvalue weighted by Crippen LogP contribution is -2.24. The number of aromatic nitrogens is 2. The number of aryl methyl sites for hydroxylation is 1. The molecule has 0 saturated carbocycles. The first kappa shape index (κ1) is 21.4. The minimum Gasteiger partial charge on any atom is -0.493 e. The zero-order chi connectivity index (χ0) is 21.5. The van der Waals surface area contributed by atoms with E-state index in [1.165, 1.54) is 11.3 Å². The summed E-state index contributed by atoms with van der Waals surface area (Å²) in [6.07, 6.45) is 0.184. The highest BCUT2D eigenvalue weighted by molar-refractivity contribution is 7.13. The summed E-state index contributed by atoms with van der Waals surface area (Å²) in [5.74, 6) is 2.19. The molecule has 0 aliphatic rings. The van der Waals surface area contributed by atoms with Crippen LogP contribution >= 0.6 is 11.3 Å². The number of benzene rings is 1. The van der Waals surface area contributed by atoms with E-state index in [2.05, 4.69) is 20.6 Å². The van der Waals surface area contributed by atoms with Gasteiger partial charge in [-0.15, -0.1) is 11.3 Å². The summed E-state index contributed by atoms with van der Waals surface area (Å²) in [5, 5.41) is 8.61. The molecule has 1 aromatic carbocycles. The Morgan fingerprint density at radius 2 is 1.80 bits per heavy atom. The molecule has 0 saturated heterocycles. The maximum Gasteiger partial charge on any atom is 0.226 e. The van der Waals surface area contributed by atoms with Crippen molar-refractivity contribution in [1.29, 1.82) is 0 Å². The SMILES string of the molecule is COc1cc(CNC(=O)Cc2csc(Nc3cccc(C)n3)n2)cc(OC)c1OC. The first-order chi connectivity index (χ1) is 14.5. The average Bonchev–Trinajstić information content (AvgIpc) is 3.17. The second kappa shape index (κ2) is 9.93. The Morgan fingerprint density at radius 1 is 1.07 bits per heavy atom. The quantitative estimate of drug-likeness (QED) is 0.539. The van der Waals surface area contributed by atoms with Crippen molar-refractivity contribution in [2.24, 2.45) is 0 Å². The zero-order valence-corrected chi connectivity index (χ0v) is 18.1. The van der Waals surface area contributed by atoms with Crippen molar-refractivity contribution in [2.75, 3.05) is 26.6 Å². The van der Waals surface area contributed by atoms with Crippen LogP contribution in [-0.4, -0.2) is 37.2 Å². The predicted octanol–water partition coefficient (Wildman–Crippen LogP) is 3.47. The number of nitrogens with one attached hydrogen (secondary N) is 2. The first-order valence-electron chi connectivity index (χ1n) is 9.23. The molecular weight excluding hydrogens is 404 g/mol. The molecule has 0 spiro atoms. The molecule has 0 radical (unpaired) electrons. The molecule has 0 bridgehead atoms. The third kappa shape index (κ3) is 5.38. The maximum atomic E-state index is 12.4. The highest BCUT2D eigenvalue weighted by Crippen LogP contribution is 2.38. The molecule has 0 unspecified atom stereocenters. The molecule has 0 atom stereocenters. The molecular formula is C21H24N4O4S. The summed E-state index contributed by atoms with van der Waals surface area (Å²) in [6, 6.07) is 9.34. The Hall–Kier alpha value is -3.33. The van der Waals surface area contributed by atoms with Gasteiger partial charge in [0.2, 0.25) is 11.7 Å². The number of carbonyl (C=O) groups is 1. The smallest absolute Gasteiger partial charge is 0.226 e. The van der Waals surface area contributed by atoms with Crippen LogP contribution in [0, 0.1) is 6.92 Å². The van der Waals surface area contributed by atoms with Crippen molar-refractivity contribution >= 4 is 28.2 Å². The number of amides is 1. The molecule has 0 aliphatic heterocycles. The molecule has 1 amide bonds. The topological polar surface area (TPSA) is 94.6 Å². The molecule has 3 rings (SSSR count). The van der Waals surface area contributed by atoms with Gasteiger partial charge in [0.15, 0.2) is 16.6 Å². The number of hydrogen-bond acceptors (Lipinski definition) is 8. The van der Waals surface area contributed by atoms with Crippen LogP contribution in [0.25, 0.3) is 0 Å². The summed E-state index contributed by atoms with van der Waals surface area (Å²) < 4.78 is 16.0. The standard InChI is InChI=1S/C21H24N4O4S/c1-13-6-5-7-18(23-13)25-21-24-15(12-30-21)10-19(26)22-11-14-8-16(27-2)20(29-4)17(9-14)28-3/h5-9,12H,10-11H2,1-4H3,(H,22,26)(H,23,24,25). The van der Waals surface area contributed by atoms with Crippen molar-refractivity contribution < 1.29 is 19.0 Å². The number of nitrogens with zero attached hydrogens (tertiary/aromatic N) is 2. The number of ether oxygens (including phenoxy) is 3. The number of carbonyl (C=O) groups excluding carboxylic acids is 1. The van der Waals surface area contributed by atoms with Crippen LogP contribution in [0.3, 0.4) is 0 Å². The van der Waals surface area contributed by atoms with Gasteiger partial charge >= 0.3 is 0 Å². The van der Waals surface area contributed by atoms with E-state index in [9.17, 15) is 4.79 Å². The predicted molar refractivity (Wildman–Crippen MR) is 116 cm³/mol. The lowest BCUT2D eigenvalue weighted by molar-refractivity contribution is -0.120. The molecule has 0 fully saturated rings.